The fourth-order valence-corrected chi connectivity index (χ4v) is 1.74. The van der Waals surface area contributed by atoms with Crippen molar-refractivity contribution in [3.05, 3.63) is 52.5 Å². The summed E-state index contributed by atoms with van der Waals surface area (Å²) in [6.45, 7) is 4.90. The second-order valence-corrected chi connectivity index (χ2v) is 4.16. The van der Waals surface area contributed by atoms with E-state index in [1.54, 1.807) is 30.3 Å². The number of carbonyl (C=O) groups is 1. The molecule has 0 aromatic heterocycles. The molecule has 1 aromatic carbocycles. The molecular formula is C13H12Cl2O2. The largest absolute Gasteiger partial charge is 0.425 e. The van der Waals surface area contributed by atoms with E-state index >= 15 is 0 Å². The molecule has 1 aromatic rings. The minimum atomic E-state index is -0.442. The Bertz CT molecular complexity index is 464. The van der Waals surface area contributed by atoms with Crippen molar-refractivity contribution in [3.8, 4) is 0 Å². The molecule has 4 heteroatoms. The third kappa shape index (κ3) is 3.91. The van der Waals surface area contributed by atoms with Crippen LogP contribution < -0.4 is 0 Å². The summed E-state index contributed by atoms with van der Waals surface area (Å²) in [7, 11) is 0. The van der Waals surface area contributed by atoms with Crippen LogP contribution >= 0.6 is 23.2 Å². The van der Waals surface area contributed by atoms with Gasteiger partial charge in [-0.05, 0) is 12.1 Å². The summed E-state index contributed by atoms with van der Waals surface area (Å²) in [4.78, 5) is 11.1. The average molecular weight is 271 g/mol. The minimum Gasteiger partial charge on any atom is -0.425 e. The Kier molecular flexibility index (Phi) is 5.26. The summed E-state index contributed by atoms with van der Waals surface area (Å²) in [6.07, 6.45) is 2.04. The molecule has 0 bridgehead atoms. The molecule has 2 nitrogen and oxygen atoms in total. The monoisotopic (exact) mass is 270 g/mol. The van der Waals surface area contributed by atoms with Gasteiger partial charge in [-0.1, -0.05) is 41.4 Å². The predicted molar refractivity (Wildman–Crippen MR) is 70.8 cm³/mol. The average Bonchev–Trinajstić information content (AvgIpc) is 2.27. The smallest absolute Gasteiger partial charge is 0.308 e. The van der Waals surface area contributed by atoms with Crippen LogP contribution in [0, 0.1) is 0 Å². The van der Waals surface area contributed by atoms with E-state index < -0.39 is 5.97 Å². The molecule has 0 spiro atoms. The van der Waals surface area contributed by atoms with Gasteiger partial charge in [0.05, 0.1) is 10.1 Å². The van der Waals surface area contributed by atoms with E-state index in [0.29, 0.717) is 22.0 Å². The highest BCUT2D eigenvalue weighted by Crippen LogP contribution is 2.30. The number of rotatable bonds is 4. The van der Waals surface area contributed by atoms with Crippen LogP contribution in [0.1, 0.15) is 18.9 Å². The lowest BCUT2D eigenvalue weighted by atomic mass is 10.1. The van der Waals surface area contributed by atoms with Gasteiger partial charge in [0.15, 0.2) is 5.76 Å². The molecule has 0 amide bonds. The zero-order chi connectivity index (χ0) is 12.8. The van der Waals surface area contributed by atoms with Crippen molar-refractivity contribution >= 4 is 34.9 Å². The van der Waals surface area contributed by atoms with Gasteiger partial charge in [0, 0.05) is 18.9 Å². The van der Waals surface area contributed by atoms with Gasteiger partial charge in [-0.15, -0.1) is 6.58 Å². The highest BCUT2D eigenvalue weighted by molar-refractivity contribution is 6.35. The van der Waals surface area contributed by atoms with Gasteiger partial charge in [-0.2, -0.15) is 0 Å². The number of halogens is 2. The molecule has 0 heterocycles. The molecule has 90 valence electrons. The van der Waals surface area contributed by atoms with Crippen LogP contribution in [-0.4, -0.2) is 5.97 Å². The van der Waals surface area contributed by atoms with Crippen LogP contribution in [0.3, 0.4) is 0 Å². The standard InChI is InChI=1S/C13H12Cl2O2/c1-3-6-12(15)13(17-9(2)16)10-7-4-5-8-11(10)14/h3-5,7-8H,1,6H2,2H3/b13-12-. The van der Waals surface area contributed by atoms with E-state index in [4.69, 9.17) is 27.9 Å². The number of carbonyl (C=O) groups excluding carboxylic acids is 1. The van der Waals surface area contributed by atoms with Gasteiger partial charge >= 0.3 is 5.97 Å². The molecular weight excluding hydrogens is 259 g/mol. The Morgan fingerprint density at radius 3 is 2.65 bits per heavy atom. The van der Waals surface area contributed by atoms with Crippen molar-refractivity contribution in [3.63, 3.8) is 0 Å². The van der Waals surface area contributed by atoms with E-state index in [-0.39, 0.29) is 5.76 Å². The lowest BCUT2D eigenvalue weighted by molar-refractivity contribution is -0.134. The van der Waals surface area contributed by atoms with E-state index in [2.05, 4.69) is 6.58 Å². The zero-order valence-electron chi connectivity index (χ0n) is 9.37. The van der Waals surface area contributed by atoms with Crippen molar-refractivity contribution in [2.75, 3.05) is 0 Å². The van der Waals surface area contributed by atoms with E-state index in [1.807, 2.05) is 0 Å². The Balaban J connectivity index is 3.24. The fourth-order valence-electron chi connectivity index (χ4n) is 1.26. The maximum atomic E-state index is 11.1. The number of benzene rings is 1. The molecule has 0 atom stereocenters. The first-order valence-corrected chi connectivity index (χ1v) is 5.74. The lowest BCUT2D eigenvalue weighted by Gasteiger charge is -2.11. The molecule has 0 aliphatic heterocycles. The van der Waals surface area contributed by atoms with Crippen molar-refractivity contribution in [2.45, 2.75) is 13.3 Å². The summed E-state index contributed by atoms with van der Waals surface area (Å²) < 4.78 is 5.11. The summed E-state index contributed by atoms with van der Waals surface area (Å²) in [5.74, 6) is -0.160. The lowest BCUT2D eigenvalue weighted by Crippen LogP contribution is -2.00. The Morgan fingerprint density at radius 2 is 2.12 bits per heavy atom. The van der Waals surface area contributed by atoms with Gasteiger partial charge in [-0.3, -0.25) is 4.79 Å². The van der Waals surface area contributed by atoms with Crippen LogP contribution in [-0.2, 0) is 9.53 Å². The first kappa shape index (κ1) is 13.8. The fraction of sp³-hybridized carbons (Fsp3) is 0.154. The maximum absolute atomic E-state index is 11.1. The summed E-state index contributed by atoms with van der Waals surface area (Å²) in [6, 6.07) is 7.03. The van der Waals surface area contributed by atoms with Gasteiger partial charge in [0.25, 0.3) is 0 Å². The first-order valence-electron chi connectivity index (χ1n) is 4.99. The van der Waals surface area contributed by atoms with Crippen LogP contribution in [0.5, 0.6) is 0 Å². The van der Waals surface area contributed by atoms with Crippen LogP contribution in [0.25, 0.3) is 5.76 Å². The van der Waals surface area contributed by atoms with Gasteiger partial charge in [0.1, 0.15) is 0 Å². The van der Waals surface area contributed by atoms with E-state index in [9.17, 15) is 4.79 Å². The quantitative estimate of drug-likeness (QED) is 0.461. The molecule has 0 fully saturated rings. The summed E-state index contributed by atoms with van der Waals surface area (Å²) in [5, 5.41) is 0.870. The van der Waals surface area contributed by atoms with Gasteiger partial charge in [-0.25, -0.2) is 0 Å². The highest BCUT2D eigenvalue weighted by atomic mass is 35.5. The van der Waals surface area contributed by atoms with E-state index in [1.165, 1.54) is 6.92 Å². The van der Waals surface area contributed by atoms with Crippen LogP contribution in [0.4, 0.5) is 0 Å². The maximum Gasteiger partial charge on any atom is 0.308 e. The summed E-state index contributed by atoms with van der Waals surface area (Å²) >= 11 is 12.1. The molecule has 0 N–H and O–H groups in total. The molecule has 0 saturated carbocycles. The Labute approximate surface area is 110 Å². The topological polar surface area (TPSA) is 26.3 Å². The van der Waals surface area contributed by atoms with Gasteiger partial charge in [0.2, 0.25) is 0 Å². The highest BCUT2D eigenvalue weighted by Gasteiger charge is 2.14. The van der Waals surface area contributed by atoms with Gasteiger partial charge < -0.3 is 4.74 Å². The van der Waals surface area contributed by atoms with Crippen molar-refractivity contribution in [2.24, 2.45) is 0 Å². The summed E-state index contributed by atoms with van der Waals surface area (Å²) in [5.41, 5.74) is 0.594. The molecule has 0 unspecified atom stereocenters. The van der Waals surface area contributed by atoms with Crippen molar-refractivity contribution in [1.29, 1.82) is 0 Å². The molecule has 17 heavy (non-hydrogen) atoms. The van der Waals surface area contributed by atoms with Crippen molar-refractivity contribution < 1.29 is 9.53 Å². The number of ether oxygens (including phenoxy) is 1. The first-order chi connectivity index (χ1) is 8.06. The van der Waals surface area contributed by atoms with Crippen molar-refractivity contribution in [1.82, 2.24) is 0 Å². The van der Waals surface area contributed by atoms with E-state index in [0.717, 1.165) is 0 Å². The molecule has 0 saturated heterocycles. The second kappa shape index (κ2) is 6.48. The molecule has 1 rings (SSSR count). The Hall–Kier alpha value is -1.25. The molecule has 0 aliphatic rings. The third-order valence-electron chi connectivity index (χ3n) is 1.93. The predicted octanol–water partition coefficient (Wildman–Crippen LogP) is 4.39. The number of allylic oxidation sites excluding steroid dienone is 2. The number of hydrogen-bond donors (Lipinski definition) is 0. The molecule has 0 radical (unpaired) electrons. The molecule has 0 aliphatic carbocycles. The minimum absolute atomic E-state index is 0.282. The zero-order valence-corrected chi connectivity index (χ0v) is 10.9. The Morgan fingerprint density at radius 1 is 1.47 bits per heavy atom. The number of esters is 1. The normalized spacial score (nSPS) is 11.7. The second-order valence-electron chi connectivity index (χ2n) is 3.30. The van der Waals surface area contributed by atoms with Crippen LogP contribution in [0.15, 0.2) is 42.0 Å². The SMILES string of the molecule is C=CC/C(Cl)=C(/OC(C)=O)c1ccccc1Cl. The number of hydrogen-bond acceptors (Lipinski definition) is 2. The third-order valence-corrected chi connectivity index (χ3v) is 2.59. The van der Waals surface area contributed by atoms with Crippen LogP contribution in [0.2, 0.25) is 5.02 Å².